The first-order valence-corrected chi connectivity index (χ1v) is 11.9. The van der Waals surface area contributed by atoms with Crippen LogP contribution in [-0.4, -0.2) is 35.8 Å². The highest BCUT2D eigenvalue weighted by Crippen LogP contribution is 2.22. The Morgan fingerprint density at radius 3 is 2.70 bits per heavy atom. The zero-order valence-electron chi connectivity index (χ0n) is 14.6. The number of fused-ring (bicyclic) bond motifs is 1. The minimum atomic E-state index is -1.07. The smallest absolute Gasteiger partial charge is 0.319 e. The van der Waals surface area contributed by atoms with E-state index >= 15 is 0 Å². The van der Waals surface area contributed by atoms with Gasteiger partial charge in [0.2, 0.25) is 0 Å². The maximum Gasteiger partial charge on any atom is 0.319 e. The Balaban J connectivity index is 2.02. The number of nitrogen functional groups attached to an aromatic ring is 1. The lowest BCUT2D eigenvalue weighted by Crippen LogP contribution is -2.22. The van der Waals surface area contributed by atoms with E-state index in [0.717, 1.165) is 36.5 Å². The lowest BCUT2D eigenvalue weighted by atomic mass is 10.4. The summed E-state index contributed by atoms with van der Waals surface area (Å²) in [5.74, 6) is 0.431. The molecule has 0 amide bonds. The molecule has 2 N–H and O–H groups in total. The van der Waals surface area contributed by atoms with E-state index in [1.807, 2.05) is 16.8 Å². The zero-order chi connectivity index (χ0) is 16.9. The van der Waals surface area contributed by atoms with Gasteiger partial charge >= 0.3 is 6.01 Å². The number of unbranched alkanes of at least 4 members (excludes halogenated alkanes) is 1. The van der Waals surface area contributed by atoms with Crippen molar-refractivity contribution in [3.63, 3.8) is 0 Å². The molecule has 0 fully saturated rings. The van der Waals surface area contributed by atoms with Crippen LogP contribution < -0.4 is 10.5 Å². The van der Waals surface area contributed by atoms with E-state index in [1.54, 1.807) is 0 Å². The van der Waals surface area contributed by atoms with Gasteiger partial charge in [0.05, 0.1) is 12.1 Å². The molecule has 0 aliphatic rings. The van der Waals surface area contributed by atoms with Crippen molar-refractivity contribution in [3.8, 4) is 6.01 Å². The lowest BCUT2D eigenvalue weighted by molar-refractivity contribution is 0.0902. The number of aromatic nitrogens is 3. The molecule has 128 valence electrons. The number of hydrogen-bond acceptors (Lipinski definition) is 5. The Morgan fingerprint density at radius 1 is 1.22 bits per heavy atom. The second-order valence-electron chi connectivity index (χ2n) is 6.96. The third-order valence-electron chi connectivity index (χ3n) is 3.57. The van der Waals surface area contributed by atoms with Crippen molar-refractivity contribution in [1.29, 1.82) is 0 Å². The summed E-state index contributed by atoms with van der Waals surface area (Å²) in [5, 5.41) is 0. The molecule has 0 spiro atoms. The van der Waals surface area contributed by atoms with Crippen LogP contribution in [0, 0.1) is 0 Å². The van der Waals surface area contributed by atoms with Crippen LogP contribution in [0.1, 0.15) is 19.8 Å². The quantitative estimate of drug-likeness (QED) is 0.560. The number of nitrogens with two attached hydrogens (primary N) is 1. The normalized spacial score (nSPS) is 12.0. The third kappa shape index (κ3) is 5.21. The van der Waals surface area contributed by atoms with E-state index in [2.05, 4.69) is 36.5 Å². The standard InChI is InChI=1S/C16H28N4O2Si/c1-5-6-9-22-16-18-13-7-8-20(14(13)15(17)19-16)12-21-10-11-23(2,3)4/h7-8H,5-6,9-12H2,1-4H3,(H2,17,18,19). The summed E-state index contributed by atoms with van der Waals surface area (Å²) in [7, 11) is -1.07. The van der Waals surface area contributed by atoms with E-state index < -0.39 is 8.07 Å². The van der Waals surface area contributed by atoms with E-state index in [4.69, 9.17) is 15.2 Å². The number of anilines is 1. The Hall–Kier alpha value is -1.60. The Kier molecular flexibility index (Phi) is 6.01. The Bertz CT molecular complexity index is 637. The maximum atomic E-state index is 6.08. The average Bonchev–Trinajstić information content (AvgIpc) is 2.86. The van der Waals surface area contributed by atoms with Crippen molar-refractivity contribution >= 4 is 24.9 Å². The highest BCUT2D eigenvalue weighted by atomic mass is 28.3. The average molecular weight is 337 g/mol. The predicted molar refractivity (Wildman–Crippen MR) is 96.4 cm³/mol. The first-order valence-electron chi connectivity index (χ1n) is 8.23. The van der Waals surface area contributed by atoms with Crippen molar-refractivity contribution in [2.45, 2.75) is 52.2 Å². The molecule has 2 rings (SSSR count). The van der Waals surface area contributed by atoms with E-state index in [1.165, 1.54) is 0 Å². The van der Waals surface area contributed by atoms with Gasteiger partial charge in [0.25, 0.3) is 0 Å². The van der Waals surface area contributed by atoms with Gasteiger partial charge in [-0.1, -0.05) is 33.0 Å². The molecule has 2 heterocycles. The van der Waals surface area contributed by atoms with Gasteiger partial charge in [-0.25, -0.2) is 0 Å². The summed E-state index contributed by atoms with van der Waals surface area (Å²) in [6.45, 7) is 11.0. The summed E-state index contributed by atoms with van der Waals surface area (Å²) < 4.78 is 13.3. The molecule has 0 aliphatic heterocycles. The van der Waals surface area contributed by atoms with Crippen LogP contribution in [0.2, 0.25) is 25.7 Å². The third-order valence-corrected chi connectivity index (χ3v) is 5.28. The van der Waals surface area contributed by atoms with Gasteiger partial charge in [-0.15, -0.1) is 0 Å². The molecular formula is C16H28N4O2Si. The lowest BCUT2D eigenvalue weighted by Gasteiger charge is -2.16. The zero-order valence-corrected chi connectivity index (χ0v) is 15.6. The van der Waals surface area contributed by atoms with E-state index in [0.29, 0.717) is 25.2 Å². The fraction of sp³-hybridized carbons (Fsp3) is 0.625. The van der Waals surface area contributed by atoms with Crippen molar-refractivity contribution in [2.75, 3.05) is 18.9 Å². The molecule has 0 atom stereocenters. The van der Waals surface area contributed by atoms with Crippen LogP contribution in [0.4, 0.5) is 5.82 Å². The fourth-order valence-electron chi connectivity index (χ4n) is 2.13. The number of ether oxygens (including phenoxy) is 2. The summed E-state index contributed by atoms with van der Waals surface area (Å²) in [5.41, 5.74) is 7.68. The first-order chi connectivity index (χ1) is 10.9. The molecule has 2 aromatic rings. The van der Waals surface area contributed by atoms with Crippen molar-refractivity contribution in [2.24, 2.45) is 0 Å². The van der Waals surface area contributed by atoms with Crippen LogP contribution in [-0.2, 0) is 11.5 Å². The topological polar surface area (TPSA) is 75.2 Å². The number of nitrogens with zero attached hydrogens (tertiary/aromatic N) is 3. The predicted octanol–water partition coefficient (Wildman–Crippen LogP) is 3.50. The van der Waals surface area contributed by atoms with Crippen molar-refractivity contribution in [3.05, 3.63) is 12.3 Å². The first kappa shape index (κ1) is 17.7. The molecule has 23 heavy (non-hydrogen) atoms. The fourth-order valence-corrected chi connectivity index (χ4v) is 2.89. The number of hydrogen-bond donors (Lipinski definition) is 1. The van der Waals surface area contributed by atoms with E-state index in [9.17, 15) is 0 Å². The van der Waals surface area contributed by atoms with Gasteiger partial charge in [0.15, 0.2) is 5.82 Å². The molecule has 0 aliphatic carbocycles. The Morgan fingerprint density at radius 2 is 2.00 bits per heavy atom. The monoisotopic (exact) mass is 336 g/mol. The number of rotatable bonds is 9. The van der Waals surface area contributed by atoms with Gasteiger partial charge in [-0.05, 0) is 18.5 Å². The second kappa shape index (κ2) is 7.78. The van der Waals surface area contributed by atoms with E-state index in [-0.39, 0.29) is 0 Å². The summed E-state index contributed by atoms with van der Waals surface area (Å²) in [6, 6.07) is 3.41. The van der Waals surface area contributed by atoms with Crippen LogP contribution in [0.15, 0.2) is 12.3 Å². The molecule has 0 saturated heterocycles. The molecule has 0 bridgehead atoms. The highest BCUT2D eigenvalue weighted by Gasteiger charge is 2.13. The van der Waals surface area contributed by atoms with Crippen LogP contribution in [0.3, 0.4) is 0 Å². The minimum Gasteiger partial charge on any atom is -0.463 e. The maximum absolute atomic E-state index is 6.08. The SMILES string of the molecule is CCCCOc1nc(N)c2c(ccn2COCC[Si](C)(C)C)n1. The second-order valence-corrected chi connectivity index (χ2v) is 12.6. The van der Waals surface area contributed by atoms with Crippen LogP contribution in [0.5, 0.6) is 6.01 Å². The van der Waals surface area contributed by atoms with Gasteiger partial charge in [0, 0.05) is 20.9 Å². The van der Waals surface area contributed by atoms with Gasteiger partial charge in [-0.3, -0.25) is 0 Å². The molecule has 0 radical (unpaired) electrons. The molecule has 2 aromatic heterocycles. The molecule has 6 nitrogen and oxygen atoms in total. The summed E-state index contributed by atoms with van der Waals surface area (Å²) >= 11 is 0. The van der Waals surface area contributed by atoms with Crippen LogP contribution >= 0.6 is 0 Å². The molecular weight excluding hydrogens is 308 g/mol. The minimum absolute atomic E-state index is 0.348. The van der Waals surface area contributed by atoms with Crippen molar-refractivity contribution < 1.29 is 9.47 Å². The van der Waals surface area contributed by atoms with Crippen LogP contribution in [0.25, 0.3) is 11.0 Å². The van der Waals surface area contributed by atoms with Gasteiger partial charge in [0.1, 0.15) is 12.2 Å². The van der Waals surface area contributed by atoms with Gasteiger partial charge < -0.3 is 19.8 Å². The van der Waals surface area contributed by atoms with Gasteiger partial charge in [-0.2, -0.15) is 9.97 Å². The molecule has 7 heteroatoms. The molecule has 0 saturated carbocycles. The largest absolute Gasteiger partial charge is 0.463 e. The molecule has 0 aromatic carbocycles. The molecule has 0 unspecified atom stereocenters. The summed E-state index contributed by atoms with van der Waals surface area (Å²) in [4.78, 5) is 8.66. The van der Waals surface area contributed by atoms with Crippen molar-refractivity contribution in [1.82, 2.24) is 14.5 Å². The summed E-state index contributed by atoms with van der Waals surface area (Å²) in [6.07, 6.45) is 3.98. The highest BCUT2D eigenvalue weighted by molar-refractivity contribution is 6.76. The Labute approximate surface area is 139 Å².